The van der Waals surface area contributed by atoms with Crippen LogP contribution in [0.15, 0.2) is 30.3 Å². The lowest BCUT2D eigenvalue weighted by molar-refractivity contribution is -0.693. The van der Waals surface area contributed by atoms with Crippen LogP contribution in [0.4, 0.5) is 0 Å². The van der Waals surface area contributed by atoms with Gasteiger partial charge in [-0.25, -0.2) is 0 Å². The zero-order chi connectivity index (χ0) is 27.0. The molecule has 5 heteroatoms. The Labute approximate surface area is 234 Å². The van der Waals surface area contributed by atoms with E-state index in [0.29, 0.717) is 6.79 Å². The van der Waals surface area contributed by atoms with Gasteiger partial charge in [-0.3, -0.25) is 0 Å². The Morgan fingerprint density at radius 1 is 0.769 bits per heavy atom. The maximum Gasteiger partial charge on any atom is 0.231 e. The van der Waals surface area contributed by atoms with Crippen molar-refractivity contribution in [3.63, 3.8) is 0 Å². The van der Waals surface area contributed by atoms with Crippen molar-refractivity contribution in [3.05, 3.63) is 41.6 Å². The van der Waals surface area contributed by atoms with Crippen molar-refractivity contribution in [2.75, 3.05) is 21.0 Å². The molecule has 0 unspecified atom stereocenters. The first-order valence-corrected chi connectivity index (χ1v) is 15.3. The van der Waals surface area contributed by atoms with Crippen LogP contribution < -0.4 is 23.5 Å². The minimum Gasteiger partial charge on any atom is -0.493 e. The molecule has 39 heavy (non-hydrogen) atoms. The lowest BCUT2D eigenvalue weighted by Gasteiger charge is -2.20. The summed E-state index contributed by atoms with van der Waals surface area (Å²) >= 11 is 0. The van der Waals surface area contributed by atoms with Gasteiger partial charge in [0.1, 0.15) is 0 Å². The minimum atomic E-state index is 0.303. The van der Waals surface area contributed by atoms with E-state index in [2.05, 4.69) is 35.8 Å². The van der Waals surface area contributed by atoms with E-state index in [1.165, 1.54) is 110 Å². The third-order valence-electron chi connectivity index (χ3n) is 8.52. The van der Waals surface area contributed by atoms with Gasteiger partial charge in [-0.2, -0.15) is 4.57 Å². The number of rotatable bonds is 15. The largest absolute Gasteiger partial charge is 0.493 e. The Balaban J connectivity index is 1.31. The van der Waals surface area contributed by atoms with E-state index in [-0.39, 0.29) is 0 Å². The van der Waals surface area contributed by atoms with Gasteiger partial charge in [0.15, 0.2) is 35.2 Å². The normalized spacial score (nSPS) is 13.4. The Kier molecular flexibility index (Phi) is 9.49. The van der Waals surface area contributed by atoms with E-state index in [1.54, 1.807) is 14.2 Å². The summed E-state index contributed by atoms with van der Waals surface area (Å²) < 4.78 is 25.6. The smallest absolute Gasteiger partial charge is 0.231 e. The maximum atomic E-state index is 5.95. The molecule has 3 heterocycles. The molecule has 0 N–H and O–H groups in total. The molecule has 2 aliphatic rings. The molecule has 210 valence electrons. The van der Waals surface area contributed by atoms with Crippen LogP contribution in [0, 0.1) is 0 Å². The molecule has 0 saturated heterocycles. The molecular formula is C34H46NO4+. The Bertz CT molecular complexity index is 1270. The number of hydrogen-bond acceptors (Lipinski definition) is 4. The summed E-state index contributed by atoms with van der Waals surface area (Å²) in [6, 6.07) is 10.8. The van der Waals surface area contributed by atoms with Crippen molar-refractivity contribution in [1.82, 2.24) is 0 Å². The Morgan fingerprint density at radius 2 is 1.44 bits per heavy atom. The van der Waals surface area contributed by atoms with Gasteiger partial charge in [0.25, 0.3) is 0 Å². The molecule has 0 amide bonds. The molecule has 5 nitrogen and oxygen atoms in total. The van der Waals surface area contributed by atoms with Gasteiger partial charge in [0.05, 0.1) is 25.2 Å². The van der Waals surface area contributed by atoms with E-state index in [0.717, 1.165) is 42.4 Å². The maximum absolute atomic E-state index is 5.95. The predicted molar refractivity (Wildman–Crippen MR) is 157 cm³/mol. The molecule has 5 rings (SSSR count). The first kappa shape index (κ1) is 27.6. The van der Waals surface area contributed by atoms with E-state index in [4.69, 9.17) is 18.9 Å². The molecule has 2 aromatic carbocycles. The quantitative estimate of drug-likeness (QED) is 0.146. The van der Waals surface area contributed by atoms with Crippen molar-refractivity contribution in [2.24, 2.45) is 0 Å². The second-order valence-corrected chi connectivity index (χ2v) is 11.1. The lowest BCUT2D eigenvalue weighted by atomic mass is 9.92. The zero-order valence-corrected chi connectivity index (χ0v) is 24.3. The van der Waals surface area contributed by atoms with Gasteiger partial charge in [0, 0.05) is 18.9 Å². The molecule has 0 radical (unpaired) electrons. The third-order valence-corrected chi connectivity index (χ3v) is 8.52. The van der Waals surface area contributed by atoms with Crippen LogP contribution in [0.25, 0.3) is 22.0 Å². The highest BCUT2D eigenvalue weighted by Crippen LogP contribution is 2.43. The molecule has 0 aliphatic carbocycles. The second kappa shape index (κ2) is 13.4. The van der Waals surface area contributed by atoms with Crippen LogP contribution in [-0.4, -0.2) is 21.0 Å². The zero-order valence-electron chi connectivity index (χ0n) is 24.3. The summed E-state index contributed by atoms with van der Waals surface area (Å²) in [5.74, 6) is 3.35. The summed E-state index contributed by atoms with van der Waals surface area (Å²) in [5, 5.41) is 2.38. The number of unbranched alkanes of at least 4 members (excludes halogenated alkanes) is 11. The van der Waals surface area contributed by atoms with Gasteiger partial charge in [-0.1, -0.05) is 77.6 Å². The molecule has 0 fully saturated rings. The highest BCUT2D eigenvalue weighted by molar-refractivity contribution is 5.94. The summed E-state index contributed by atoms with van der Waals surface area (Å²) in [6.45, 7) is 3.54. The number of methoxy groups -OCH3 is 2. The van der Waals surface area contributed by atoms with Crippen LogP contribution in [0.3, 0.4) is 0 Å². The van der Waals surface area contributed by atoms with E-state index >= 15 is 0 Å². The number of nitrogens with zero attached hydrogens (tertiary/aromatic N) is 1. The number of benzene rings is 2. The second-order valence-electron chi connectivity index (χ2n) is 11.1. The SMILES string of the molecule is CCCCCCCCCCCCCCc1c2c(OC)c(OC)ccc2cc2[n+]1CCc1cc3c(cc1-2)OCO3. The standard InChI is InChI=1S/C34H46NO4/c1-4-5-6-7-8-9-10-11-12-13-14-15-16-28-33-26(17-18-30(36-2)34(33)37-3)21-29-27-23-32-31(38-24-39-32)22-25(27)19-20-35(28)29/h17-18,21-23H,4-16,19-20,24H2,1-3H3/q+1. The third kappa shape index (κ3) is 6.13. The Morgan fingerprint density at radius 3 is 2.10 bits per heavy atom. The van der Waals surface area contributed by atoms with E-state index in [1.807, 2.05) is 6.07 Å². The van der Waals surface area contributed by atoms with Gasteiger partial charge in [-0.05, 0) is 41.6 Å². The first-order valence-electron chi connectivity index (χ1n) is 15.3. The number of hydrogen-bond donors (Lipinski definition) is 0. The predicted octanol–water partition coefficient (Wildman–Crippen LogP) is 8.34. The van der Waals surface area contributed by atoms with E-state index < -0.39 is 0 Å². The van der Waals surface area contributed by atoms with Gasteiger partial charge < -0.3 is 18.9 Å². The number of pyridine rings is 1. The lowest BCUT2D eigenvalue weighted by Crippen LogP contribution is -2.44. The number of aromatic nitrogens is 1. The molecule has 2 aliphatic heterocycles. The molecular weight excluding hydrogens is 486 g/mol. The highest BCUT2D eigenvalue weighted by Gasteiger charge is 2.32. The van der Waals surface area contributed by atoms with Crippen molar-refractivity contribution in [1.29, 1.82) is 0 Å². The van der Waals surface area contributed by atoms with Crippen molar-refractivity contribution in [2.45, 2.75) is 103 Å². The summed E-state index contributed by atoms with van der Waals surface area (Å²) in [4.78, 5) is 0. The number of ether oxygens (including phenoxy) is 4. The average Bonchev–Trinajstić information content (AvgIpc) is 3.43. The van der Waals surface area contributed by atoms with E-state index in [9.17, 15) is 0 Å². The van der Waals surface area contributed by atoms with Crippen molar-refractivity contribution in [3.8, 4) is 34.3 Å². The molecule has 0 spiro atoms. The Hall–Kier alpha value is -2.95. The fourth-order valence-corrected chi connectivity index (χ4v) is 6.40. The number of fused-ring (bicyclic) bond motifs is 5. The fourth-order valence-electron chi connectivity index (χ4n) is 6.40. The minimum absolute atomic E-state index is 0.303. The molecule has 0 saturated carbocycles. The van der Waals surface area contributed by atoms with Crippen LogP contribution in [0.5, 0.6) is 23.0 Å². The summed E-state index contributed by atoms with van der Waals surface area (Å²) in [5.41, 5.74) is 5.19. The van der Waals surface area contributed by atoms with Crippen molar-refractivity contribution < 1.29 is 23.5 Å². The molecule has 0 atom stereocenters. The monoisotopic (exact) mass is 532 g/mol. The molecule has 1 aromatic heterocycles. The highest BCUT2D eigenvalue weighted by atomic mass is 16.7. The molecule has 0 bridgehead atoms. The van der Waals surface area contributed by atoms with Crippen LogP contribution in [-0.2, 0) is 19.4 Å². The van der Waals surface area contributed by atoms with Crippen LogP contribution in [0.1, 0.15) is 95.2 Å². The number of aryl methyl sites for hydroxylation is 2. The first-order chi connectivity index (χ1) is 19.2. The van der Waals surface area contributed by atoms with Crippen LogP contribution in [0.2, 0.25) is 0 Å². The van der Waals surface area contributed by atoms with Crippen molar-refractivity contribution >= 4 is 10.8 Å². The fraction of sp³-hybridized carbons (Fsp3) is 0.559. The summed E-state index contributed by atoms with van der Waals surface area (Å²) in [6.07, 6.45) is 18.3. The van der Waals surface area contributed by atoms with Gasteiger partial charge in [0.2, 0.25) is 12.5 Å². The average molecular weight is 533 g/mol. The summed E-state index contributed by atoms with van der Waals surface area (Å²) in [7, 11) is 3.48. The van der Waals surface area contributed by atoms with Crippen LogP contribution >= 0.6 is 0 Å². The van der Waals surface area contributed by atoms with Gasteiger partial charge >= 0.3 is 0 Å². The molecule has 3 aromatic rings. The topological polar surface area (TPSA) is 40.8 Å². The van der Waals surface area contributed by atoms with Gasteiger partial charge in [-0.15, -0.1) is 0 Å².